The smallest absolute Gasteiger partial charge is 0.236 e. The number of sulfonamides is 1. The van der Waals surface area contributed by atoms with E-state index in [1.807, 2.05) is 25.1 Å². The maximum absolute atomic E-state index is 12.0. The minimum Gasteiger partial charge on any atom is -0.399 e. The van der Waals surface area contributed by atoms with E-state index in [-0.39, 0.29) is 5.75 Å². The molecule has 0 aliphatic rings. The predicted molar refractivity (Wildman–Crippen MR) is 78.3 cm³/mol. The van der Waals surface area contributed by atoms with Gasteiger partial charge in [0.05, 0.1) is 11.4 Å². The molecule has 0 bridgehead atoms. The van der Waals surface area contributed by atoms with Gasteiger partial charge in [-0.1, -0.05) is 35.9 Å². The molecule has 0 spiro atoms. The van der Waals surface area contributed by atoms with Crippen LogP contribution in [0.4, 0.5) is 11.4 Å². The Kier molecular flexibility index (Phi) is 3.76. The van der Waals surface area contributed by atoms with Crippen molar-refractivity contribution in [3.8, 4) is 0 Å². The van der Waals surface area contributed by atoms with E-state index in [4.69, 9.17) is 5.73 Å². The summed E-state index contributed by atoms with van der Waals surface area (Å²) < 4.78 is 26.6. The summed E-state index contributed by atoms with van der Waals surface area (Å²) in [5.41, 5.74) is 8.42. The topological polar surface area (TPSA) is 72.2 Å². The molecule has 0 radical (unpaired) electrons. The summed E-state index contributed by atoms with van der Waals surface area (Å²) in [6.07, 6.45) is 0. The van der Waals surface area contributed by atoms with Crippen LogP contribution in [0.5, 0.6) is 0 Å². The van der Waals surface area contributed by atoms with E-state index in [0.29, 0.717) is 11.4 Å². The second-order valence-electron chi connectivity index (χ2n) is 4.48. The Bertz CT molecular complexity index is 628. The molecule has 2 aromatic rings. The summed E-state index contributed by atoms with van der Waals surface area (Å²) in [5.74, 6) is -0.0521. The average Bonchev–Trinajstić information content (AvgIpc) is 2.27. The SMILES string of the molecule is Cc1cccc(CS(=O)(=O)Nc2cccc(N)c2)c1. The van der Waals surface area contributed by atoms with Gasteiger partial charge in [-0.05, 0) is 30.7 Å². The van der Waals surface area contributed by atoms with Crippen LogP contribution in [0.3, 0.4) is 0 Å². The Morgan fingerprint density at radius 1 is 1.11 bits per heavy atom. The first kappa shape index (κ1) is 13.4. The first-order valence-corrected chi connectivity index (χ1v) is 7.51. The summed E-state index contributed by atoms with van der Waals surface area (Å²) in [6, 6.07) is 14.1. The Morgan fingerprint density at radius 3 is 2.53 bits per heavy atom. The minimum atomic E-state index is -3.43. The summed E-state index contributed by atoms with van der Waals surface area (Å²) in [7, 11) is -3.43. The highest BCUT2D eigenvalue weighted by molar-refractivity contribution is 7.91. The molecule has 2 aromatic carbocycles. The highest BCUT2D eigenvalue weighted by Gasteiger charge is 2.11. The molecular formula is C14H16N2O2S. The number of hydrogen-bond acceptors (Lipinski definition) is 3. The number of nitrogen functional groups attached to an aromatic ring is 1. The molecule has 0 atom stereocenters. The molecule has 0 aliphatic heterocycles. The highest BCUT2D eigenvalue weighted by atomic mass is 32.2. The first-order valence-electron chi connectivity index (χ1n) is 5.86. The van der Waals surface area contributed by atoms with E-state index >= 15 is 0 Å². The number of nitrogens with two attached hydrogens (primary N) is 1. The van der Waals surface area contributed by atoms with E-state index in [9.17, 15) is 8.42 Å². The zero-order chi connectivity index (χ0) is 13.9. The Hall–Kier alpha value is -2.01. The third kappa shape index (κ3) is 3.99. The van der Waals surface area contributed by atoms with Crippen LogP contribution in [-0.2, 0) is 15.8 Å². The zero-order valence-corrected chi connectivity index (χ0v) is 11.4. The van der Waals surface area contributed by atoms with Gasteiger partial charge in [0, 0.05) is 5.69 Å². The highest BCUT2D eigenvalue weighted by Crippen LogP contribution is 2.16. The standard InChI is InChI=1S/C14H16N2O2S/c1-11-4-2-5-12(8-11)10-19(17,18)16-14-7-3-6-13(15)9-14/h2-9,16H,10,15H2,1H3. The van der Waals surface area contributed by atoms with Crippen LogP contribution in [0.15, 0.2) is 48.5 Å². The lowest BCUT2D eigenvalue weighted by molar-refractivity contribution is 0.600. The molecule has 0 aromatic heterocycles. The maximum Gasteiger partial charge on any atom is 0.236 e. The molecule has 0 amide bonds. The van der Waals surface area contributed by atoms with Crippen molar-refractivity contribution in [1.29, 1.82) is 0 Å². The molecule has 0 saturated heterocycles. The number of rotatable bonds is 4. The number of benzene rings is 2. The summed E-state index contributed by atoms with van der Waals surface area (Å²) in [5, 5.41) is 0. The molecular weight excluding hydrogens is 260 g/mol. The van der Waals surface area contributed by atoms with E-state index in [2.05, 4.69) is 4.72 Å². The van der Waals surface area contributed by atoms with Crippen LogP contribution in [0, 0.1) is 6.92 Å². The molecule has 19 heavy (non-hydrogen) atoms. The van der Waals surface area contributed by atoms with Gasteiger partial charge < -0.3 is 5.73 Å². The van der Waals surface area contributed by atoms with Crippen LogP contribution in [0.2, 0.25) is 0 Å². The van der Waals surface area contributed by atoms with Crippen molar-refractivity contribution < 1.29 is 8.42 Å². The predicted octanol–water partition coefficient (Wildman–Crippen LogP) is 2.52. The monoisotopic (exact) mass is 276 g/mol. The quantitative estimate of drug-likeness (QED) is 0.843. The lowest BCUT2D eigenvalue weighted by Crippen LogP contribution is -2.15. The Balaban J connectivity index is 2.15. The molecule has 4 nitrogen and oxygen atoms in total. The fourth-order valence-electron chi connectivity index (χ4n) is 1.84. The van der Waals surface area contributed by atoms with Gasteiger partial charge in [-0.3, -0.25) is 4.72 Å². The van der Waals surface area contributed by atoms with Crippen LogP contribution < -0.4 is 10.5 Å². The van der Waals surface area contributed by atoms with Gasteiger partial charge in [-0.2, -0.15) is 0 Å². The molecule has 0 fully saturated rings. The van der Waals surface area contributed by atoms with E-state index < -0.39 is 10.0 Å². The summed E-state index contributed by atoms with van der Waals surface area (Å²) >= 11 is 0. The van der Waals surface area contributed by atoms with Crippen LogP contribution >= 0.6 is 0 Å². The van der Waals surface area contributed by atoms with Crippen LogP contribution in [-0.4, -0.2) is 8.42 Å². The summed E-state index contributed by atoms with van der Waals surface area (Å²) in [4.78, 5) is 0. The second-order valence-corrected chi connectivity index (χ2v) is 6.20. The Labute approximate surface area is 113 Å². The largest absolute Gasteiger partial charge is 0.399 e. The third-order valence-corrected chi connectivity index (χ3v) is 3.86. The molecule has 0 aliphatic carbocycles. The van der Waals surface area contributed by atoms with Crippen molar-refractivity contribution in [2.75, 3.05) is 10.5 Å². The van der Waals surface area contributed by atoms with Crippen molar-refractivity contribution in [1.82, 2.24) is 0 Å². The fraction of sp³-hybridized carbons (Fsp3) is 0.143. The van der Waals surface area contributed by atoms with Crippen molar-refractivity contribution in [2.45, 2.75) is 12.7 Å². The van der Waals surface area contributed by atoms with Crippen LogP contribution in [0.1, 0.15) is 11.1 Å². The van der Waals surface area contributed by atoms with Gasteiger partial charge in [0.25, 0.3) is 0 Å². The van der Waals surface area contributed by atoms with Gasteiger partial charge in [-0.25, -0.2) is 8.42 Å². The van der Waals surface area contributed by atoms with Crippen molar-refractivity contribution >= 4 is 21.4 Å². The van der Waals surface area contributed by atoms with Gasteiger partial charge in [0.15, 0.2) is 0 Å². The molecule has 0 heterocycles. The molecule has 0 unspecified atom stereocenters. The molecule has 2 rings (SSSR count). The van der Waals surface area contributed by atoms with Gasteiger partial charge >= 0.3 is 0 Å². The fourth-order valence-corrected chi connectivity index (χ4v) is 3.02. The first-order chi connectivity index (χ1) is 8.94. The van der Waals surface area contributed by atoms with Crippen LogP contribution in [0.25, 0.3) is 0 Å². The number of hydrogen-bond donors (Lipinski definition) is 2. The van der Waals surface area contributed by atoms with Gasteiger partial charge in [-0.15, -0.1) is 0 Å². The van der Waals surface area contributed by atoms with Gasteiger partial charge in [0.1, 0.15) is 0 Å². The van der Waals surface area contributed by atoms with Crippen molar-refractivity contribution in [3.05, 3.63) is 59.7 Å². The lowest BCUT2D eigenvalue weighted by Gasteiger charge is -2.09. The Morgan fingerprint density at radius 2 is 1.84 bits per heavy atom. The lowest BCUT2D eigenvalue weighted by atomic mass is 10.2. The average molecular weight is 276 g/mol. The van der Waals surface area contributed by atoms with Gasteiger partial charge in [0.2, 0.25) is 10.0 Å². The third-order valence-electron chi connectivity index (χ3n) is 2.60. The number of anilines is 2. The number of nitrogens with one attached hydrogen (secondary N) is 1. The number of aryl methyl sites for hydroxylation is 1. The maximum atomic E-state index is 12.0. The summed E-state index contributed by atoms with van der Waals surface area (Å²) in [6.45, 7) is 1.93. The normalized spacial score (nSPS) is 11.2. The van der Waals surface area contributed by atoms with Crippen molar-refractivity contribution in [3.63, 3.8) is 0 Å². The zero-order valence-electron chi connectivity index (χ0n) is 10.6. The van der Waals surface area contributed by atoms with Crippen molar-refractivity contribution in [2.24, 2.45) is 0 Å². The van der Waals surface area contributed by atoms with E-state index in [0.717, 1.165) is 11.1 Å². The molecule has 100 valence electrons. The van der Waals surface area contributed by atoms with E-state index in [1.54, 1.807) is 30.3 Å². The molecule has 3 N–H and O–H groups in total. The second kappa shape index (κ2) is 5.32. The molecule has 0 saturated carbocycles. The molecule has 5 heteroatoms. The minimum absolute atomic E-state index is 0.0521. The van der Waals surface area contributed by atoms with E-state index in [1.165, 1.54) is 0 Å².